The first kappa shape index (κ1) is 21.7. The van der Waals surface area contributed by atoms with Crippen molar-refractivity contribution in [2.24, 2.45) is 0 Å². The molecule has 2 heterocycles. The Bertz CT molecular complexity index is 1180. The number of piperazine rings is 1. The molecule has 1 aliphatic heterocycles. The van der Waals surface area contributed by atoms with Gasteiger partial charge in [0.1, 0.15) is 17.1 Å². The summed E-state index contributed by atoms with van der Waals surface area (Å²) in [7, 11) is 3.24. The summed E-state index contributed by atoms with van der Waals surface area (Å²) in [6.45, 7) is 4.66. The molecule has 7 heteroatoms. The lowest BCUT2D eigenvalue weighted by atomic mass is 10.0. The molecule has 1 aromatic heterocycles. The smallest absolute Gasteiger partial charge is 0.339 e. The summed E-state index contributed by atoms with van der Waals surface area (Å²) in [5.74, 6) is 1.52. The molecule has 0 atom stereocenters. The van der Waals surface area contributed by atoms with Gasteiger partial charge in [0, 0.05) is 49.6 Å². The van der Waals surface area contributed by atoms with E-state index in [2.05, 4.69) is 4.90 Å². The van der Waals surface area contributed by atoms with E-state index in [1.54, 1.807) is 20.3 Å². The Hall–Kier alpha value is -3.48. The summed E-state index contributed by atoms with van der Waals surface area (Å²) >= 11 is 0. The van der Waals surface area contributed by atoms with Crippen molar-refractivity contribution in [2.75, 3.05) is 45.3 Å². The number of aryl methyl sites for hydroxylation is 1. The third-order valence-corrected chi connectivity index (χ3v) is 6.14. The normalized spacial score (nSPS) is 14.0. The molecule has 0 N–H and O–H groups in total. The summed E-state index contributed by atoms with van der Waals surface area (Å²) in [5, 5.41) is 0.860. The van der Waals surface area contributed by atoms with Crippen molar-refractivity contribution < 1.29 is 18.7 Å². The first-order valence-electron chi connectivity index (χ1n) is 10.8. The Morgan fingerprint density at radius 1 is 1.03 bits per heavy atom. The maximum Gasteiger partial charge on any atom is 0.339 e. The van der Waals surface area contributed by atoms with E-state index in [1.165, 1.54) is 0 Å². The number of carbonyl (C=O) groups is 1. The highest BCUT2D eigenvalue weighted by Crippen LogP contribution is 2.28. The maximum absolute atomic E-state index is 12.8. The third kappa shape index (κ3) is 4.28. The van der Waals surface area contributed by atoms with E-state index in [4.69, 9.17) is 13.9 Å². The van der Waals surface area contributed by atoms with Crippen molar-refractivity contribution in [2.45, 2.75) is 19.8 Å². The van der Waals surface area contributed by atoms with Gasteiger partial charge in [-0.15, -0.1) is 0 Å². The van der Waals surface area contributed by atoms with Crippen LogP contribution in [0.2, 0.25) is 0 Å². The number of fused-ring (bicyclic) bond motifs is 1. The van der Waals surface area contributed by atoms with Gasteiger partial charge in [0.2, 0.25) is 5.91 Å². The molecule has 32 heavy (non-hydrogen) atoms. The minimum Gasteiger partial charge on any atom is -0.497 e. The van der Waals surface area contributed by atoms with E-state index in [0.717, 1.165) is 35.5 Å². The van der Waals surface area contributed by atoms with E-state index >= 15 is 0 Å². The molecule has 1 aliphatic rings. The minimum atomic E-state index is -0.392. The Balaban J connectivity index is 1.40. The van der Waals surface area contributed by atoms with Crippen LogP contribution in [0.5, 0.6) is 11.5 Å². The second-order valence-corrected chi connectivity index (χ2v) is 7.89. The number of rotatable bonds is 6. The highest BCUT2D eigenvalue weighted by molar-refractivity contribution is 5.83. The van der Waals surface area contributed by atoms with Crippen molar-refractivity contribution >= 4 is 22.6 Å². The molecule has 0 unspecified atom stereocenters. The minimum absolute atomic E-state index is 0.0540. The third-order valence-electron chi connectivity index (χ3n) is 6.14. The molecule has 4 rings (SSSR count). The molecular formula is C25H28N2O5. The first-order valence-corrected chi connectivity index (χ1v) is 10.8. The van der Waals surface area contributed by atoms with Crippen molar-refractivity contribution in [3.05, 3.63) is 64.0 Å². The summed E-state index contributed by atoms with van der Waals surface area (Å²) < 4.78 is 16.2. The van der Waals surface area contributed by atoms with Crippen LogP contribution in [0, 0.1) is 6.92 Å². The number of amides is 1. The molecule has 2 aromatic carbocycles. The Morgan fingerprint density at radius 2 is 1.78 bits per heavy atom. The van der Waals surface area contributed by atoms with Gasteiger partial charge in [0.05, 0.1) is 19.9 Å². The van der Waals surface area contributed by atoms with Crippen LogP contribution in [-0.2, 0) is 11.2 Å². The molecule has 0 aliphatic carbocycles. The van der Waals surface area contributed by atoms with E-state index in [9.17, 15) is 9.59 Å². The predicted octanol–water partition coefficient (Wildman–Crippen LogP) is 3.40. The maximum atomic E-state index is 12.8. The van der Waals surface area contributed by atoms with Crippen LogP contribution in [-0.4, -0.2) is 51.2 Å². The van der Waals surface area contributed by atoms with Gasteiger partial charge in [-0.1, -0.05) is 12.1 Å². The quantitative estimate of drug-likeness (QED) is 0.552. The number of benzene rings is 2. The van der Waals surface area contributed by atoms with Gasteiger partial charge in [-0.05, 0) is 43.2 Å². The average molecular weight is 437 g/mol. The van der Waals surface area contributed by atoms with Crippen LogP contribution < -0.4 is 20.0 Å². The second-order valence-electron chi connectivity index (χ2n) is 7.89. The largest absolute Gasteiger partial charge is 0.497 e. The van der Waals surface area contributed by atoms with E-state index in [-0.39, 0.29) is 12.3 Å². The number of para-hydroxylation sites is 2. The number of carbonyl (C=O) groups excluding carboxylic acids is 1. The Kier molecular flexibility index (Phi) is 6.35. The number of hydrogen-bond donors (Lipinski definition) is 0. The molecule has 168 valence electrons. The standard InChI is InChI=1S/C25H28N2O5/c1-17-19-9-8-18(30-2)16-23(19)32-25(29)20(17)10-11-24(28)27-14-12-26(13-15-27)21-6-4-5-7-22(21)31-3/h4-9,16H,10-15H2,1-3H3. The fourth-order valence-corrected chi connectivity index (χ4v) is 4.27. The van der Waals surface area contributed by atoms with E-state index in [1.807, 2.05) is 48.2 Å². The van der Waals surface area contributed by atoms with Crippen LogP contribution >= 0.6 is 0 Å². The van der Waals surface area contributed by atoms with Gasteiger partial charge in [-0.2, -0.15) is 0 Å². The van der Waals surface area contributed by atoms with Crippen LogP contribution in [0.1, 0.15) is 17.5 Å². The zero-order valence-electron chi connectivity index (χ0n) is 18.7. The second kappa shape index (κ2) is 9.34. The molecule has 0 saturated carbocycles. The van der Waals surface area contributed by atoms with E-state index in [0.29, 0.717) is 36.4 Å². The Morgan fingerprint density at radius 3 is 2.50 bits per heavy atom. The summed E-state index contributed by atoms with van der Waals surface area (Å²) in [5.41, 5.74) is 2.56. The van der Waals surface area contributed by atoms with Gasteiger partial charge in [0.15, 0.2) is 0 Å². The fourth-order valence-electron chi connectivity index (χ4n) is 4.27. The molecule has 1 fully saturated rings. The lowest BCUT2D eigenvalue weighted by molar-refractivity contribution is -0.131. The lowest BCUT2D eigenvalue weighted by Crippen LogP contribution is -2.49. The topological polar surface area (TPSA) is 72.2 Å². The van der Waals surface area contributed by atoms with Crippen molar-refractivity contribution in [1.29, 1.82) is 0 Å². The number of methoxy groups -OCH3 is 2. The first-order chi connectivity index (χ1) is 15.5. The molecule has 1 amide bonds. The van der Waals surface area contributed by atoms with Crippen LogP contribution in [0.25, 0.3) is 11.0 Å². The molecular weight excluding hydrogens is 408 g/mol. The summed E-state index contributed by atoms with van der Waals surface area (Å²) in [6.07, 6.45) is 0.642. The highest BCUT2D eigenvalue weighted by Gasteiger charge is 2.23. The summed E-state index contributed by atoms with van der Waals surface area (Å²) in [6, 6.07) is 13.3. The van der Waals surface area contributed by atoms with Gasteiger partial charge in [-0.25, -0.2) is 4.79 Å². The number of hydrogen-bond acceptors (Lipinski definition) is 6. The molecule has 0 radical (unpaired) electrons. The molecule has 0 spiro atoms. The molecule has 7 nitrogen and oxygen atoms in total. The van der Waals surface area contributed by atoms with Gasteiger partial charge < -0.3 is 23.7 Å². The van der Waals surface area contributed by atoms with Crippen molar-refractivity contribution in [3.63, 3.8) is 0 Å². The average Bonchev–Trinajstić information content (AvgIpc) is 2.83. The highest BCUT2D eigenvalue weighted by atomic mass is 16.5. The molecule has 3 aromatic rings. The SMILES string of the molecule is COc1ccc2c(C)c(CCC(=O)N3CCN(c4ccccc4OC)CC3)c(=O)oc2c1. The van der Waals surface area contributed by atoms with Gasteiger partial charge in [-0.3, -0.25) is 4.79 Å². The fraction of sp³-hybridized carbons (Fsp3) is 0.360. The molecule has 1 saturated heterocycles. The molecule has 0 bridgehead atoms. The zero-order valence-corrected chi connectivity index (χ0v) is 18.7. The Labute approximate surface area is 187 Å². The van der Waals surface area contributed by atoms with Crippen LogP contribution in [0.4, 0.5) is 5.69 Å². The van der Waals surface area contributed by atoms with Gasteiger partial charge in [0.25, 0.3) is 0 Å². The van der Waals surface area contributed by atoms with Crippen molar-refractivity contribution in [3.8, 4) is 11.5 Å². The number of nitrogens with zero attached hydrogens (tertiary/aromatic N) is 2. The van der Waals surface area contributed by atoms with Crippen LogP contribution in [0.15, 0.2) is 51.7 Å². The predicted molar refractivity (Wildman–Crippen MR) is 124 cm³/mol. The van der Waals surface area contributed by atoms with Crippen LogP contribution in [0.3, 0.4) is 0 Å². The summed E-state index contributed by atoms with van der Waals surface area (Å²) in [4.78, 5) is 29.5. The number of anilines is 1. The monoisotopic (exact) mass is 436 g/mol. The van der Waals surface area contributed by atoms with E-state index < -0.39 is 5.63 Å². The van der Waals surface area contributed by atoms with Crippen molar-refractivity contribution in [1.82, 2.24) is 4.90 Å². The lowest BCUT2D eigenvalue weighted by Gasteiger charge is -2.36. The van der Waals surface area contributed by atoms with Gasteiger partial charge >= 0.3 is 5.63 Å². The zero-order chi connectivity index (χ0) is 22.7. The number of ether oxygens (including phenoxy) is 2.